The summed E-state index contributed by atoms with van der Waals surface area (Å²) in [6.07, 6.45) is 6.53. The largest absolute Gasteiger partial charge is 0.346 e. The highest BCUT2D eigenvalue weighted by Gasteiger charge is 2.14. The minimum absolute atomic E-state index is 0.0428. The molecule has 2 amide bonds. The van der Waals surface area contributed by atoms with Gasteiger partial charge in [-0.25, -0.2) is 5.43 Å². The third kappa shape index (κ3) is 5.47. The molecule has 0 radical (unpaired) electrons. The first kappa shape index (κ1) is 13.7. The van der Waals surface area contributed by atoms with Crippen molar-refractivity contribution in [3.63, 3.8) is 0 Å². The maximum absolute atomic E-state index is 11.4. The molecule has 1 saturated carbocycles. The average Bonchev–Trinajstić information content (AvgIpc) is 2.53. The predicted octanol–water partition coefficient (Wildman–Crippen LogP) is 1.34. The standard InChI is InChI=1S/C12H21N3O2/c1-9(2)13-11(16)12(17)15-14-10-7-5-3-4-6-8-10/h9H,3-8H2,1-2H3,(H,13,16)(H,15,17). The van der Waals surface area contributed by atoms with Crippen LogP contribution in [-0.2, 0) is 9.59 Å². The lowest BCUT2D eigenvalue weighted by atomic mass is 10.2. The molecule has 0 aliphatic heterocycles. The zero-order valence-corrected chi connectivity index (χ0v) is 10.6. The number of nitrogens with one attached hydrogen (secondary N) is 2. The Hall–Kier alpha value is -1.39. The van der Waals surface area contributed by atoms with Crippen LogP contribution >= 0.6 is 0 Å². The van der Waals surface area contributed by atoms with E-state index in [1.54, 1.807) is 0 Å². The van der Waals surface area contributed by atoms with Crippen LogP contribution in [0.1, 0.15) is 52.4 Å². The van der Waals surface area contributed by atoms with Gasteiger partial charge in [-0.2, -0.15) is 5.10 Å². The quantitative estimate of drug-likeness (QED) is 0.433. The molecule has 0 heterocycles. The molecule has 1 fully saturated rings. The van der Waals surface area contributed by atoms with Gasteiger partial charge in [-0.05, 0) is 39.5 Å². The number of rotatable bonds is 2. The van der Waals surface area contributed by atoms with Gasteiger partial charge in [-0.15, -0.1) is 0 Å². The highest BCUT2D eigenvalue weighted by Crippen LogP contribution is 2.14. The average molecular weight is 239 g/mol. The molecular formula is C12H21N3O2. The van der Waals surface area contributed by atoms with E-state index < -0.39 is 11.8 Å². The first-order valence-corrected chi connectivity index (χ1v) is 6.26. The van der Waals surface area contributed by atoms with Gasteiger partial charge in [0.1, 0.15) is 0 Å². The van der Waals surface area contributed by atoms with E-state index in [1.165, 1.54) is 12.8 Å². The smallest absolute Gasteiger partial charge is 0.329 e. The number of hydrogen-bond acceptors (Lipinski definition) is 3. The van der Waals surface area contributed by atoms with Gasteiger partial charge in [0, 0.05) is 11.8 Å². The number of carbonyl (C=O) groups is 2. The normalized spacial score (nSPS) is 16.3. The van der Waals surface area contributed by atoms with Crippen molar-refractivity contribution < 1.29 is 9.59 Å². The van der Waals surface area contributed by atoms with Crippen LogP contribution < -0.4 is 10.7 Å². The van der Waals surface area contributed by atoms with E-state index in [0.29, 0.717) is 0 Å². The summed E-state index contributed by atoms with van der Waals surface area (Å²) in [5.41, 5.74) is 3.32. The van der Waals surface area contributed by atoms with Crippen LogP contribution in [0.2, 0.25) is 0 Å². The minimum atomic E-state index is -0.685. The molecule has 0 aromatic rings. The second kappa shape index (κ2) is 7.04. The molecule has 0 aromatic carbocycles. The molecule has 17 heavy (non-hydrogen) atoms. The first-order valence-electron chi connectivity index (χ1n) is 6.26. The molecule has 0 unspecified atom stereocenters. The van der Waals surface area contributed by atoms with Gasteiger partial charge in [0.15, 0.2) is 0 Å². The van der Waals surface area contributed by atoms with Crippen LogP contribution in [0.15, 0.2) is 5.10 Å². The van der Waals surface area contributed by atoms with E-state index in [0.717, 1.165) is 31.4 Å². The number of nitrogens with zero attached hydrogens (tertiary/aromatic N) is 1. The summed E-state index contributed by atoms with van der Waals surface area (Å²) in [7, 11) is 0. The Morgan fingerprint density at radius 2 is 1.65 bits per heavy atom. The summed E-state index contributed by atoms with van der Waals surface area (Å²) in [5.74, 6) is -1.31. The molecule has 0 saturated heterocycles. The van der Waals surface area contributed by atoms with Crippen molar-refractivity contribution in [1.82, 2.24) is 10.7 Å². The lowest BCUT2D eigenvalue weighted by Crippen LogP contribution is -2.41. The van der Waals surface area contributed by atoms with E-state index >= 15 is 0 Å². The maximum Gasteiger partial charge on any atom is 0.329 e. The van der Waals surface area contributed by atoms with E-state index in [2.05, 4.69) is 15.8 Å². The molecular weight excluding hydrogens is 218 g/mol. The summed E-state index contributed by atoms with van der Waals surface area (Å²) in [6, 6.07) is -0.0428. The molecule has 0 bridgehead atoms. The molecule has 1 aliphatic rings. The highest BCUT2D eigenvalue weighted by atomic mass is 16.2. The second-order valence-corrected chi connectivity index (χ2v) is 4.66. The Balaban J connectivity index is 2.39. The van der Waals surface area contributed by atoms with Gasteiger partial charge >= 0.3 is 11.8 Å². The molecule has 0 spiro atoms. The van der Waals surface area contributed by atoms with Gasteiger partial charge in [0.2, 0.25) is 0 Å². The molecule has 5 nitrogen and oxygen atoms in total. The highest BCUT2D eigenvalue weighted by molar-refractivity contribution is 6.35. The summed E-state index contributed by atoms with van der Waals surface area (Å²) in [6.45, 7) is 3.62. The van der Waals surface area contributed by atoms with E-state index in [4.69, 9.17) is 0 Å². The molecule has 1 aliphatic carbocycles. The number of carbonyl (C=O) groups excluding carboxylic acids is 2. The van der Waals surface area contributed by atoms with Crippen LogP contribution in [0, 0.1) is 0 Å². The van der Waals surface area contributed by atoms with E-state index in [-0.39, 0.29) is 6.04 Å². The topological polar surface area (TPSA) is 70.6 Å². The second-order valence-electron chi connectivity index (χ2n) is 4.66. The molecule has 0 atom stereocenters. The minimum Gasteiger partial charge on any atom is -0.346 e. The fourth-order valence-electron chi connectivity index (χ4n) is 1.76. The fraction of sp³-hybridized carbons (Fsp3) is 0.750. The SMILES string of the molecule is CC(C)NC(=O)C(=O)NN=C1CCCCCC1. The summed E-state index contributed by atoms with van der Waals surface area (Å²) < 4.78 is 0. The maximum atomic E-state index is 11.4. The first-order chi connectivity index (χ1) is 8.09. The Kier molecular flexibility index (Phi) is 5.66. The van der Waals surface area contributed by atoms with Crippen molar-refractivity contribution >= 4 is 17.5 Å². The number of hydrogen-bond donors (Lipinski definition) is 2. The van der Waals surface area contributed by atoms with Crippen LogP contribution in [0.25, 0.3) is 0 Å². The van der Waals surface area contributed by atoms with Gasteiger partial charge in [-0.1, -0.05) is 12.8 Å². The number of amides is 2. The zero-order chi connectivity index (χ0) is 12.7. The van der Waals surface area contributed by atoms with Crippen molar-refractivity contribution in [2.45, 2.75) is 58.4 Å². The lowest BCUT2D eigenvalue weighted by Gasteiger charge is -2.07. The molecule has 0 aromatic heterocycles. The monoisotopic (exact) mass is 239 g/mol. The zero-order valence-electron chi connectivity index (χ0n) is 10.6. The van der Waals surface area contributed by atoms with Crippen molar-refractivity contribution in [1.29, 1.82) is 0 Å². The Labute approximate surface area is 102 Å². The molecule has 1 rings (SSSR count). The fourth-order valence-corrected chi connectivity index (χ4v) is 1.76. The van der Waals surface area contributed by atoms with Crippen LogP contribution in [0.5, 0.6) is 0 Å². The van der Waals surface area contributed by atoms with Crippen molar-refractivity contribution in [3.8, 4) is 0 Å². The van der Waals surface area contributed by atoms with Crippen LogP contribution in [0.4, 0.5) is 0 Å². The van der Waals surface area contributed by atoms with Gasteiger partial charge in [0.25, 0.3) is 0 Å². The van der Waals surface area contributed by atoms with Gasteiger partial charge < -0.3 is 5.32 Å². The van der Waals surface area contributed by atoms with Crippen LogP contribution in [-0.4, -0.2) is 23.6 Å². The Bertz CT molecular complexity index is 301. The Morgan fingerprint density at radius 1 is 1.06 bits per heavy atom. The molecule has 96 valence electrons. The van der Waals surface area contributed by atoms with Gasteiger partial charge in [0.05, 0.1) is 0 Å². The van der Waals surface area contributed by atoms with E-state index in [9.17, 15) is 9.59 Å². The van der Waals surface area contributed by atoms with Crippen molar-refractivity contribution in [3.05, 3.63) is 0 Å². The molecule has 2 N–H and O–H groups in total. The summed E-state index contributed by atoms with van der Waals surface area (Å²) >= 11 is 0. The lowest BCUT2D eigenvalue weighted by molar-refractivity contribution is -0.139. The van der Waals surface area contributed by atoms with Crippen molar-refractivity contribution in [2.24, 2.45) is 5.10 Å². The Morgan fingerprint density at radius 3 is 2.18 bits per heavy atom. The van der Waals surface area contributed by atoms with E-state index in [1.807, 2.05) is 13.8 Å². The number of hydrazone groups is 1. The third-order valence-electron chi connectivity index (χ3n) is 2.62. The third-order valence-corrected chi connectivity index (χ3v) is 2.62. The summed E-state index contributed by atoms with van der Waals surface area (Å²) in [4.78, 5) is 22.7. The van der Waals surface area contributed by atoms with Crippen LogP contribution in [0.3, 0.4) is 0 Å². The van der Waals surface area contributed by atoms with Crippen molar-refractivity contribution in [2.75, 3.05) is 0 Å². The van der Waals surface area contributed by atoms with Gasteiger partial charge in [-0.3, -0.25) is 9.59 Å². The predicted molar refractivity (Wildman–Crippen MR) is 66.6 cm³/mol. The molecule has 5 heteroatoms. The summed E-state index contributed by atoms with van der Waals surface area (Å²) in [5, 5.41) is 6.55.